The number of nitrogens with one attached hydrogen (secondary N) is 1. The molecule has 33 heavy (non-hydrogen) atoms. The van der Waals surface area contributed by atoms with Crippen molar-refractivity contribution in [2.24, 2.45) is 0 Å². The summed E-state index contributed by atoms with van der Waals surface area (Å²) in [6.45, 7) is 3.97. The molecular weight excluding hydrogens is 434 g/mol. The van der Waals surface area contributed by atoms with Crippen LogP contribution in [0.2, 0.25) is 0 Å². The largest absolute Gasteiger partial charge is 0.279 e. The highest BCUT2D eigenvalue weighted by molar-refractivity contribution is 7.92. The predicted molar refractivity (Wildman–Crippen MR) is 130 cm³/mol. The molecule has 1 N–H and O–H groups in total. The Morgan fingerprint density at radius 3 is 2.39 bits per heavy atom. The summed E-state index contributed by atoms with van der Waals surface area (Å²) in [7, 11) is -3.71. The number of nitrogens with zero attached hydrogens (tertiary/aromatic N) is 4. The van der Waals surface area contributed by atoms with Crippen LogP contribution in [0.1, 0.15) is 24.7 Å². The summed E-state index contributed by atoms with van der Waals surface area (Å²) >= 11 is 0. The lowest BCUT2D eigenvalue weighted by Crippen LogP contribution is -2.13. The standard InChI is InChI=1S/C25H23N5O2S/c1-3-9-23-26-27-25-21-13-8-7-12-20(21)24(28-30(23)25)18-15-14-17(2)22(16-18)29-33(31,32)19-10-5-4-6-11-19/h4-8,10-16,29H,3,9H2,1-2H3. The van der Waals surface area contributed by atoms with Crippen molar-refractivity contribution in [1.29, 1.82) is 0 Å². The molecule has 0 bridgehead atoms. The Labute approximate surface area is 192 Å². The van der Waals surface area contributed by atoms with E-state index in [1.54, 1.807) is 34.8 Å². The Morgan fingerprint density at radius 1 is 0.909 bits per heavy atom. The smallest absolute Gasteiger partial charge is 0.261 e. The van der Waals surface area contributed by atoms with Crippen LogP contribution in [0.15, 0.2) is 77.7 Å². The van der Waals surface area contributed by atoms with Crippen LogP contribution in [0.5, 0.6) is 0 Å². The van der Waals surface area contributed by atoms with Crippen LogP contribution < -0.4 is 4.72 Å². The summed E-state index contributed by atoms with van der Waals surface area (Å²) in [6.07, 6.45) is 1.70. The molecule has 5 rings (SSSR count). The second kappa shape index (κ2) is 8.29. The van der Waals surface area contributed by atoms with Crippen molar-refractivity contribution < 1.29 is 8.42 Å². The fourth-order valence-electron chi connectivity index (χ4n) is 3.90. The van der Waals surface area contributed by atoms with E-state index in [1.807, 2.05) is 49.4 Å². The molecule has 7 nitrogen and oxygen atoms in total. The molecule has 166 valence electrons. The summed E-state index contributed by atoms with van der Waals surface area (Å²) in [4.78, 5) is 0.216. The molecule has 3 aromatic carbocycles. The number of rotatable bonds is 6. The van der Waals surface area contributed by atoms with Crippen LogP contribution in [0, 0.1) is 6.92 Å². The van der Waals surface area contributed by atoms with Crippen molar-refractivity contribution in [2.45, 2.75) is 31.6 Å². The monoisotopic (exact) mass is 457 g/mol. The predicted octanol–water partition coefficient (Wildman–Crippen LogP) is 5.01. The maximum Gasteiger partial charge on any atom is 0.261 e. The Hall–Kier alpha value is -3.78. The first-order valence-corrected chi connectivity index (χ1v) is 12.3. The van der Waals surface area contributed by atoms with Crippen molar-refractivity contribution >= 4 is 32.1 Å². The number of anilines is 1. The number of aryl methyl sites for hydroxylation is 2. The lowest BCUT2D eigenvalue weighted by molar-refractivity contribution is 0.601. The highest BCUT2D eigenvalue weighted by Gasteiger charge is 2.18. The summed E-state index contributed by atoms with van der Waals surface area (Å²) in [5.74, 6) is 0.802. The number of benzene rings is 3. The number of fused-ring (bicyclic) bond motifs is 3. The van der Waals surface area contributed by atoms with Gasteiger partial charge in [-0.1, -0.05) is 61.5 Å². The third-order valence-electron chi connectivity index (χ3n) is 5.61. The maximum absolute atomic E-state index is 12.9. The van der Waals surface area contributed by atoms with E-state index in [0.717, 1.165) is 51.9 Å². The molecule has 0 unspecified atom stereocenters. The fraction of sp³-hybridized carbons (Fsp3) is 0.160. The summed E-state index contributed by atoms with van der Waals surface area (Å²) in [5.41, 5.74) is 3.60. The van der Waals surface area contributed by atoms with Crippen molar-refractivity contribution in [1.82, 2.24) is 19.8 Å². The minimum Gasteiger partial charge on any atom is -0.279 e. The SMILES string of the molecule is CCCc1nnc2c3ccccc3c(-c3ccc(C)c(NS(=O)(=O)c4ccccc4)c3)nn12. The van der Waals surface area contributed by atoms with Gasteiger partial charge in [0.05, 0.1) is 16.3 Å². The molecule has 5 aromatic rings. The van der Waals surface area contributed by atoms with Gasteiger partial charge in [-0.25, -0.2) is 8.42 Å². The zero-order chi connectivity index (χ0) is 23.0. The minimum absolute atomic E-state index is 0.216. The van der Waals surface area contributed by atoms with E-state index in [9.17, 15) is 8.42 Å². The topological polar surface area (TPSA) is 89.2 Å². The third kappa shape index (κ3) is 3.82. The molecule has 0 radical (unpaired) electrons. The molecule has 0 aliphatic rings. The second-order valence-corrected chi connectivity index (χ2v) is 9.63. The van der Waals surface area contributed by atoms with Gasteiger partial charge in [-0.05, 0) is 37.1 Å². The third-order valence-corrected chi connectivity index (χ3v) is 6.99. The van der Waals surface area contributed by atoms with Crippen LogP contribution in [-0.2, 0) is 16.4 Å². The molecule has 0 amide bonds. The summed E-state index contributed by atoms with van der Waals surface area (Å²) in [6, 6.07) is 22.0. The zero-order valence-corrected chi connectivity index (χ0v) is 19.2. The normalized spacial score (nSPS) is 11.8. The maximum atomic E-state index is 12.9. The van der Waals surface area contributed by atoms with Crippen LogP contribution in [0.4, 0.5) is 5.69 Å². The zero-order valence-electron chi connectivity index (χ0n) is 18.4. The van der Waals surface area contributed by atoms with Crippen molar-refractivity contribution in [3.05, 3.63) is 84.2 Å². The number of hydrogen-bond acceptors (Lipinski definition) is 5. The van der Waals surface area contributed by atoms with Gasteiger partial charge in [0.15, 0.2) is 11.5 Å². The van der Waals surface area contributed by atoms with Gasteiger partial charge in [-0.15, -0.1) is 10.2 Å². The van der Waals surface area contributed by atoms with E-state index >= 15 is 0 Å². The molecule has 2 heterocycles. The highest BCUT2D eigenvalue weighted by atomic mass is 32.2. The molecule has 0 atom stereocenters. The van der Waals surface area contributed by atoms with Gasteiger partial charge in [0, 0.05) is 22.8 Å². The van der Waals surface area contributed by atoms with Gasteiger partial charge >= 0.3 is 0 Å². The Morgan fingerprint density at radius 2 is 1.64 bits per heavy atom. The molecule has 0 aliphatic heterocycles. The van der Waals surface area contributed by atoms with Gasteiger partial charge in [-0.3, -0.25) is 4.72 Å². The lowest BCUT2D eigenvalue weighted by atomic mass is 10.0. The van der Waals surface area contributed by atoms with Gasteiger partial charge in [0.25, 0.3) is 10.0 Å². The van der Waals surface area contributed by atoms with Crippen LogP contribution >= 0.6 is 0 Å². The minimum atomic E-state index is -3.71. The highest BCUT2D eigenvalue weighted by Crippen LogP contribution is 2.32. The van der Waals surface area contributed by atoms with Crippen molar-refractivity contribution in [3.63, 3.8) is 0 Å². The van der Waals surface area contributed by atoms with E-state index in [4.69, 9.17) is 5.10 Å². The van der Waals surface area contributed by atoms with Crippen molar-refractivity contribution in [3.8, 4) is 11.3 Å². The Balaban J connectivity index is 1.67. The molecule has 0 fully saturated rings. The Kier molecular flexibility index (Phi) is 5.30. The van der Waals surface area contributed by atoms with Gasteiger partial charge in [0.2, 0.25) is 0 Å². The average Bonchev–Trinajstić information content (AvgIpc) is 3.24. The summed E-state index contributed by atoms with van der Waals surface area (Å²) < 4.78 is 30.4. The van der Waals surface area contributed by atoms with E-state index in [2.05, 4.69) is 21.8 Å². The molecule has 8 heteroatoms. The molecule has 0 saturated carbocycles. The van der Waals surface area contributed by atoms with Gasteiger partial charge < -0.3 is 0 Å². The first-order chi connectivity index (χ1) is 16.0. The van der Waals surface area contributed by atoms with Gasteiger partial charge in [-0.2, -0.15) is 9.61 Å². The molecule has 2 aromatic heterocycles. The summed E-state index contributed by atoms with van der Waals surface area (Å²) in [5, 5.41) is 15.5. The van der Waals surface area contributed by atoms with E-state index in [0.29, 0.717) is 5.69 Å². The fourth-order valence-corrected chi connectivity index (χ4v) is 5.04. The number of aromatic nitrogens is 4. The number of sulfonamides is 1. The average molecular weight is 458 g/mol. The van der Waals surface area contributed by atoms with Crippen LogP contribution in [-0.4, -0.2) is 28.2 Å². The van der Waals surface area contributed by atoms with Crippen LogP contribution in [0.3, 0.4) is 0 Å². The molecule has 0 saturated heterocycles. The van der Waals surface area contributed by atoms with Crippen LogP contribution in [0.25, 0.3) is 27.7 Å². The quantitative estimate of drug-likeness (QED) is 0.387. The van der Waals surface area contributed by atoms with Gasteiger partial charge in [0.1, 0.15) is 0 Å². The van der Waals surface area contributed by atoms with E-state index in [1.165, 1.54) is 0 Å². The van der Waals surface area contributed by atoms with E-state index < -0.39 is 10.0 Å². The van der Waals surface area contributed by atoms with Crippen molar-refractivity contribution in [2.75, 3.05) is 4.72 Å². The molecule has 0 aliphatic carbocycles. The number of hydrogen-bond donors (Lipinski definition) is 1. The Bertz CT molecular complexity index is 1580. The van der Waals surface area contributed by atoms with E-state index in [-0.39, 0.29) is 4.90 Å². The first kappa shape index (κ1) is 21.1. The molecular formula is C25H23N5O2S. The molecule has 0 spiro atoms. The first-order valence-electron chi connectivity index (χ1n) is 10.8. The lowest BCUT2D eigenvalue weighted by Gasteiger charge is -2.14. The second-order valence-electron chi connectivity index (χ2n) is 7.94.